The summed E-state index contributed by atoms with van der Waals surface area (Å²) < 4.78 is 0. The van der Waals surface area contributed by atoms with Crippen LogP contribution in [0.25, 0.3) is 0 Å². The largest absolute Gasteiger partial charge is 0.323 e. The van der Waals surface area contributed by atoms with E-state index in [1.165, 1.54) is 30.9 Å². The fraction of sp³-hybridized carbons (Fsp3) is 0.273. The van der Waals surface area contributed by atoms with E-state index in [2.05, 4.69) is 44.5 Å². The van der Waals surface area contributed by atoms with E-state index < -0.39 is 0 Å². The smallest absolute Gasteiger partial charge is 0.227 e. The number of ketones is 1. The van der Waals surface area contributed by atoms with Crippen LogP contribution < -0.4 is 5.32 Å². The van der Waals surface area contributed by atoms with Gasteiger partial charge in [0.2, 0.25) is 5.95 Å². The molecule has 0 atom stereocenters. The third-order valence-electron chi connectivity index (χ3n) is 4.90. The number of aromatic nitrogens is 3. The molecule has 0 aliphatic heterocycles. The molecule has 5 nitrogen and oxygen atoms in total. The number of carbonyl (C=O) groups excluding carboxylic acids is 1. The second-order valence-corrected chi connectivity index (χ2v) is 7.48. The number of nitrogens with one attached hydrogen (secondary N) is 1. The fourth-order valence-electron chi connectivity index (χ4n) is 3.25. The lowest BCUT2D eigenvalue weighted by Crippen LogP contribution is -2.04. The summed E-state index contributed by atoms with van der Waals surface area (Å²) in [5, 5.41) is 3.69. The SMILES string of the molecule is CC(=O)c1ccc(Nc2ncc(Cl)c(CCc3ccccc3C3CC3)n2)cn1. The number of hydrogen-bond donors (Lipinski definition) is 1. The van der Waals surface area contributed by atoms with Crippen molar-refractivity contribution < 1.29 is 4.79 Å². The Kier molecular flexibility index (Phi) is 5.35. The van der Waals surface area contributed by atoms with Gasteiger partial charge in [-0.05, 0) is 54.9 Å². The fourth-order valence-corrected chi connectivity index (χ4v) is 3.44. The van der Waals surface area contributed by atoms with Crippen LogP contribution in [-0.4, -0.2) is 20.7 Å². The zero-order chi connectivity index (χ0) is 19.5. The van der Waals surface area contributed by atoms with Crippen LogP contribution in [0.4, 0.5) is 11.6 Å². The Morgan fingerprint density at radius 1 is 1.11 bits per heavy atom. The highest BCUT2D eigenvalue weighted by Crippen LogP contribution is 2.41. The first-order valence-electron chi connectivity index (χ1n) is 9.43. The van der Waals surface area contributed by atoms with Crippen molar-refractivity contribution in [1.29, 1.82) is 0 Å². The number of anilines is 2. The van der Waals surface area contributed by atoms with Gasteiger partial charge in [-0.2, -0.15) is 0 Å². The molecule has 1 N–H and O–H groups in total. The molecule has 3 aromatic rings. The van der Waals surface area contributed by atoms with Gasteiger partial charge in [0.25, 0.3) is 0 Å². The molecule has 0 radical (unpaired) electrons. The van der Waals surface area contributed by atoms with E-state index in [0.717, 1.165) is 30.1 Å². The summed E-state index contributed by atoms with van der Waals surface area (Å²) in [6, 6.07) is 12.1. The average molecular weight is 393 g/mol. The molecule has 0 amide bonds. The van der Waals surface area contributed by atoms with Gasteiger partial charge in [0.15, 0.2) is 5.78 Å². The molecule has 1 aliphatic carbocycles. The van der Waals surface area contributed by atoms with Crippen LogP contribution in [-0.2, 0) is 12.8 Å². The molecule has 0 spiro atoms. The third kappa shape index (κ3) is 4.37. The highest BCUT2D eigenvalue weighted by atomic mass is 35.5. The van der Waals surface area contributed by atoms with Crippen LogP contribution in [0.3, 0.4) is 0 Å². The number of hydrogen-bond acceptors (Lipinski definition) is 5. The van der Waals surface area contributed by atoms with Crippen molar-refractivity contribution in [3.05, 3.63) is 76.3 Å². The Balaban J connectivity index is 1.47. The lowest BCUT2D eigenvalue weighted by Gasteiger charge is -2.10. The molecule has 2 aromatic heterocycles. The molecule has 1 fully saturated rings. The summed E-state index contributed by atoms with van der Waals surface area (Å²) in [6.45, 7) is 1.49. The molecule has 1 aromatic carbocycles. The standard InChI is InChI=1S/C22H21ClN4O/c1-14(28)20-11-9-17(12-24-20)26-22-25-13-19(23)21(27-22)10-8-15-4-2-3-5-18(15)16-6-7-16/h2-5,9,11-13,16H,6-8,10H2,1H3,(H,25,26,27). The summed E-state index contributed by atoms with van der Waals surface area (Å²) in [6.07, 6.45) is 7.45. The van der Waals surface area contributed by atoms with Gasteiger partial charge in [0.1, 0.15) is 5.69 Å². The summed E-state index contributed by atoms with van der Waals surface area (Å²) in [7, 11) is 0. The first kappa shape index (κ1) is 18.6. The number of benzene rings is 1. The van der Waals surface area contributed by atoms with Gasteiger partial charge in [0.05, 0.1) is 28.8 Å². The van der Waals surface area contributed by atoms with E-state index in [1.54, 1.807) is 24.5 Å². The monoisotopic (exact) mass is 392 g/mol. The molecular formula is C22H21ClN4O. The van der Waals surface area contributed by atoms with Crippen LogP contribution in [0.15, 0.2) is 48.8 Å². The van der Waals surface area contributed by atoms with Gasteiger partial charge in [-0.3, -0.25) is 9.78 Å². The molecule has 28 heavy (non-hydrogen) atoms. The van der Waals surface area contributed by atoms with Crippen molar-refractivity contribution in [2.45, 2.75) is 38.5 Å². The first-order valence-corrected chi connectivity index (χ1v) is 9.81. The van der Waals surface area contributed by atoms with Crippen LogP contribution >= 0.6 is 11.6 Å². The van der Waals surface area contributed by atoms with Crippen LogP contribution in [0, 0.1) is 0 Å². The summed E-state index contributed by atoms with van der Waals surface area (Å²) in [5.74, 6) is 1.12. The Hall–Kier alpha value is -2.79. The quantitative estimate of drug-likeness (QED) is 0.564. The number of rotatable bonds is 7. The maximum atomic E-state index is 11.3. The Morgan fingerprint density at radius 3 is 2.64 bits per heavy atom. The molecule has 2 heterocycles. The normalized spacial score (nSPS) is 13.4. The van der Waals surface area contributed by atoms with E-state index in [4.69, 9.17) is 11.6 Å². The molecule has 4 rings (SSSR count). The summed E-state index contributed by atoms with van der Waals surface area (Å²) in [4.78, 5) is 24.3. The van der Waals surface area contributed by atoms with Gasteiger partial charge >= 0.3 is 0 Å². The number of carbonyl (C=O) groups is 1. The molecule has 0 saturated heterocycles. The minimum Gasteiger partial charge on any atom is -0.323 e. The zero-order valence-electron chi connectivity index (χ0n) is 15.7. The maximum Gasteiger partial charge on any atom is 0.227 e. The molecule has 0 unspecified atom stereocenters. The first-order chi connectivity index (χ1) is 13.6. The predicted molar refractivity (Wildman–Crippen MR) is 110 cm³/mol. The number of nitrogens with zero attached hydrogens (tertiary/aromatic N) is 3. The van der Waals surface area contributed by atoms with Crippen molar-refractivity contribution in [3.63, 3.8) is 0 Å². The third-order valence-corrected chi connectivity index (χ3v) is 5.22. The number of pyridine rings is 1. The second kappa shape index (κ2) is 8.07. The number of halogens is 1. The Labute approximate surface area is 169 Å². The Morgan fingerprint density at radius 2 is 1.93 bits per heavy atom. The number of aryl methyl sites for hydroxylation is 2. The van der Waals surface area contributed by atoms with Gasteiger partial charge in [-0.25, -0.2) is 9.97 Å². The minimum atomic E-state index is -0.0666. The predicted octanol–water partition coefficient (Wildman–Crippen LogP) is 5.13. The van der Waals surface area contributed by atoms with E-state index in [9.17, 15) is 4.79 Å². The average Bonchev–Trinajstić information content (AvgIpc) is 3.54. The van der Waals surface area contributed by atoms with Gasteiger partial charge < -0.3 is 5.32 Å². The molecule has 6 heteroatoms. The number of Topliss-reactive ketones (excluding diaryl/α,β-unsaturated/α-hetero) is 1. The lowest BCUT2D eigenvalue weighted by atomic mass is 9.98. The van der Waals surface area contributed by atoms with Gasteiger partial charge in [-0.1, -0.05) is 35.9 Å². The van der Waals surface area contributed by atoms with Crippen molar-refractivity contribution in [2.75, 3.05) is 5.32 Å². The molecule has 142 valence electrons. The summed E-state index contributed by atoms with van der Waals surface area (Å²) in [5.41, 5.74) is 4.80. The van der Waals surface area contributed by atoms with Crippen molar-refractivity contribution in [1.82, 2.24) is 15.0 Å². The van der Waals surface area contributed by atoms with E-state index >= 15 is 0 Å². The molecule has 1 aliphatic rings. The zero-order valence-corrected chi connectivity index (χ0v) is 16.4. The lowest BCUT2D eigenvalue weighted by molar-refractivity contribution is 0.101. The van der Waals surface area contributed by atoms with E-state index in [1.807, 2.05) is 0 Å². The van der Waals surface area contributed by atoms with Crippen molar-refractivity contribution in [3.8, 4) is 0 Å². The Bertz CT molecular complexity index is 1000. The molecule has 0 bridgehead atoms. The van der Waals surface area contributed by atoms with Crippen LogP contribution in [0.2, 0.25) is 5.02 Å². The molecule has 1 saturated carbocycles. The highest BCUT2D eigenvalue weighted by molar-refractivity contribution is 6.31. The topological polar surface area (TPSA) is 67.8 Å². The van der Waals surface area contributed by atoms with Crippen molar-refractivity contribution in [2.24, 2.45) is 0 Å². The van der Waals surface area contributed by atoms with Crippen LogP contribution in [0.1, 0.15) is 53.0 Å². The van der Waals surface area contributed by atoms with Crippen molar-refractivity contribution >= 4 is 29.0 Å². The summed E-state index contributed by atoms with van der Waals surface area (Å²) >= 11 is 6.33. The van der Waals surface area contributed by atoms with Crippen LogP contribution in [0.5, 0.6) is 0 Å². The van der Waals surface area contributed by atoms with Gasteiger partial charge in [-0.15, -0.1) is 0 Å². The minimum absolute atomic E-state index is 0.0666. The maximum absolute atomic E-state index is 11.3. The van der Waals surface area contributed by atoms with E-state index in [0.29, 0.717) is 16.7 Å². The van der Waals surface area contributed by atoms with Gasteiger partial charge in [0, 0.05) is 6.92 Å². The highest BCUT2D eigenvalue weighted by Gasteiger charge is 2.25. The molecular weight excluding hydrogens is 372 g/mol. The van der Waals surface area contributed by atoms with E-state index in [-0.39, 0.29) is 5.78 Å². The second-order valence-electron chi connectivity index (χ2n) is 7.07.